The van der Waals surface area contributed by atoms with Crippen LogP contribution in [-0.2, 0) is 19.1 Å². The molecule has 0 spiro atoms. The number of anilines is 2. The van der Waals surface area contributed by atoms with Crippen molar-refractivity contribution in [1.82, 2.24) is 0 Å². The molecular weight excluding hydrogens is 417 g/mol. The Bertz CT molecular complexity index is 1040. The van der Waals surface area contributed by atoms with Crippen LogP contribution >= 0.6 is 23.2 Å². The van der Waals surface area contributed by atoms with E-state index in [2.05, 4.69) is 5.10 Å². The monoisotopic (exact) mass is 431 g/mol. The summed E-state index contributed by atoms with van der Waals surface area (Å²) in [6.45, 7) is 1.78. The molecular formula is C20H15Cl2N3O4. The van der Waals surface area contributed by atoms with Gasteiger partial charge in [-0.05, 0) is 49.4 Å². The van der Waals surface area contributed by atoms with E-state index in [9.17, 15) is 14.4 Å². The van der Waals surface area contributed by atoms with Crippen LogP contribution in [0, 0.1) is 5.92 Å². The topological polar surface area (TPSA) is 79.3 Å². The van der Waals surface area contributed by atoms with Crippen LogP contribution in [0.3, 0.4) is 0 Å². The number of carbonyl (C=O) groups excluding carboxylic acids is 3. The van der Waals surface area contributed by atoms with Gasteiger partial charge in [-0.1, -0.05) is 29.3 Å². The number of hydrazone groups is 1. The molecule has 0 aromatic heterocycles. The number of amides is 2. The van der Waals surface area contributed by atoms with Gasteiger partial charge < -0.3 is 4.74 Å². The van der Waals surface area contributed by atoms with Crippen LogP contribution < -0.4 is 9.91 Å². The van der Waals surface area contributed by atoms with Gasteiger partial charge in [-0.15, -0.1) is 0 Å². The summed E-state index contributed by atoms with van der Waals surface area (Å²) in [5, 5.41) is 6.54. The second-order valence-electron chi connectivity index (χ2n) is 6.44. The fraction of sp³-hybridized carbons (Fsp3) is 0.200. The van der Waals surface area contributed by atoms with E-state index in [4.69, 9.17) is 27.9 Å². The maximum absolute atomic E-state index is 13.3. The Kier molecular flexibility index (Phi) is 5.02. The predicted molar refractivity (Wildman–Crippen MR) is 109 cm³/mol. The number of halogens is 2. The highest BCUT2D eigenvalue weighted by Crippen LogP contribution is 2.38. The molecule has 2 aromatic carbocycles. The van der Waals surface area contributed by atoms with Gasteiger partial charge in [-0.25, -0.2) is 9.69 Å². The van der Waals surface area contributed by atoms with Crippen molar-refractivity contribution in [2.45, 2.75) is 13.0 Å². The average molecular weight is 432 g/mol. The Labute approximate surface area is 176 Å². The SMILES string of the molecule is CCOC(=O)C1=NN(c2ccc(Cl)cc2)C2C(=O)N(c3cccc(Cl)c3)C(=O)C12. The van der Waals surface area contributed by atoms with E-state index in [0.29, 0.717) is 21.4 Å². The lowest BCUT2D eigenvalue weighted by atomic mass is 9.98. The Morgan fingerprint density at radius 3 is 2.41 bits per heavy atom. The lowest BCUT2D eigenvalue weighted by Gasteiger charge is -2.22. The van der Waals surface area contributed by atoms with Crippen LogP contribution in [-0.4, -0.2) is 36.1 Å². The first-order valence-electron chi connectivity index (χ1n) is 8.86. The number of carbonyl (C=O) groups is 3. The minimum atomic E-state index is -1.07. The van der Waals surface area contributed by atoms with Crippen LogP contribution in [0.4, 0.5) is 11.4 Å². The summed E-state index contributed by atoms with van der Waals surface area (Å²) in [6, 6.07) is 12.0. The summed E-state index contributed by atoms with van der Waals surface area (Å²) in [7, 11) is 0. The molecule has 9 heteroatoms. The smallest absolute Gasteiger partial charge is 0.355 e. The fourth-order valence-corrected chi connectivity index (χ4v) is 3.78. The lowest BCUT2D eigenvalue weighted by Crippen LogP contribution is -2.39. The second-order valence-corrected chi connectivity index (χ2v) is 7.31. The highest BCUT2D eigenvalue weighted by molar-refractivity contribution is 6.47. The predicted octanol–water partition coefficient (Wildman–Crippen LogP) is 3.29. The molecule has 29 heavy (non-hydrogen) atoms. The molecule has 2 aliphatic rings. The van der Waals surface area contributed by atoms with Gasteiger partial charge in [0, 0.05) is 10.0 Å². The number of hydrogen-bond donors (Lipinski definition) is 0. The number of hydrogen-bond acceptors (Lipinski definition) is 6. The van der Waals surface area contributed by atoms with Crippen LogP contribution in [0.5, 0.6) is 0 Å². The van der Waals surface area contributed by atoms with Gasteiger partial charge in [0.1, 0.15) is 12.0 Å². The minimum absolute atomic E-state index is 0.102. The van der Waals surface area contributed by atoms with E-state index in [1.807, 2.05) is 0 Å². The van der Waals surface area contributed by atoms with Crippen molar-refractivity contribution >= 4 is 58.1 Å². The summed E-state index contributed by atoms with van der Waals surface area (Å²) in [5.41, 5.74) is 0.758. The summed E-state index contributed by atoms with van der Waals surface area (Å²) in [4.78, 5) is 39.9. The van der Waals surface area contributed by atoms with Crippen molar-refractivity contribution in [3.05, 3.63) is 58.6 Å². The van der Waals surface area contributed by atoms with Crippen molar-refractivity contribution in [2.75, 3.05) is 16.5 Å². The van der Waals surface area contributed by atoms with E-state index in [0.717, 1.165) is 4.90 Å². The first-order chi connectivity index (χ1) is 13.9. The third kappa shape index (κ3) is 3.26. The van der Waals surface area contributed by atoms with Gasteiger partial charge in [0.2, 0.25) is 5.91 Å². The van der Waals surface area contributed by atoms with Gasteiger partial charge in [0.25, 0.3) is 5.91 Å². The molecule has 7 nitrogen and oxygen atoms in total. The first kappa shape index (κ1) is 19.4. The van der Waals surface area contributed by atoms with E-state index in [1.54, 1.807) is 49.4 Å². The molecule has 148 valence electrons. The largest absolute Gasteiger partial charge is 0.461 e. The van der Waals surface area contributed by atoms with E-state index in [-0.39, 0.29) is 12.3 Å². The first-order valence-corrected chi connectivity index (χ1v) is 9.61. The molecule has 0 N–H and O–H groups in total. The third-order valence-electron chi connectivity index (χ3n) is 4.69. The molecule has 2 heterocycles. The van der Waals surface area contributed by atoms with Crippen molar-refractivity contribution in [3.8, 4) is 0 Å². The second kappa shape index (κ2) is 7.50. The van der Waals surface area contributed by atoms with Gasteiger partial charge >= 0.3 is 5.97 Å². The van der Waals surface area contributed by atoms with Gasteiger partial charge in [0.15, 0.2) is 5.71 Å². The minimum Gasteiger partial charge on any atom is -0.461 e. The van der Waals surface area contributed by atoms with Crippen LogP contribution in [0.25, 0.3) is 0 Å². The number of benzene rings is 2. The Morgan fingerprint density at radius 1 is 1.03 bits per heavy atom. The molecule has 2 aliphatic heterocycles. The molecule has 0 bridgehead atoms. The Morgan fingerprint density at radius 2 is 1.76 bits per heavy atom. The molecule has 0 aliphatic carbocycles. The maximum Gasteiger partial charge on any atom is 0.355 e. The van der Waals surface area contributed by atoms with Gasteiger partial charge in [-0.2, -0.15) is 5.10 Å². The zero-order valence-electron chi connectivity index (χ0n) is 15.2. The third-order valence-corrected chi connectivity index (χ3v) is 5.18. The standard InChI is InChI=1S/C20H15Cl2N3O4/c1-2-29-20(28)16-15-17(25(23-16)13-8-6-11(21)7-9-13)19(27)24(18(15)26)14-5-3-4-12(22)10-14/h3-10,15,17H,2H2,1H3. The number of imide groups is 1. The molecule has 1 saturated heterocycles. The van der Waals surface area contributed by atoms with Crippen LogP contribution in [0.2, 0.25) is 10.0 Å². The van der Waals surface area contributed by atoms with Crippen molar-refractivity contribution in [3.63, 3.8) is 0 Å². The quantitative estimate of drug-likeness (QED) is 0.547. The van der Waals surface area contributed by atoms with Gasteiger partial charge in [0.05, 0.1) is 18.0 Å². The van der Waals surface area contributed by atoms with E-state index >= 15 is 0 Å². The summed E-state index contributed by atoms with van der Waals surface area (Å²) in [6.07, 6.45) is 0. The number of rotatable bonds is 4. The summed E-state index contributed by atoms with van der Waals surface area (Å²) < 4.78 is 5.06. The number of ether oxygens (including phenoxy) is 1. The zero-order chi connectivity index (χ0) is 20.7. The molecule has 2 atom stereocenters. The summed E-state index contributed by atoms with van der Waals surface area (Å²) in [5.74, 6) is -2.85. The highest BCUT2D eigenvalue weighted by Gasteiger charge is 2.59. The molecule has 2 amide bonds. The number of nitrogens with zero attached hydrogens (tertiary/aromatic N) is 3. The normalized spacial score (nSPS) is 20.7. The molecule has 2 unspecified atom stereocenters. The molecule has 1 fully saturated rings. The molecule has 0 saturated carbocycles. The average Bonchev–Trinajstić information content (AvgIpc) is 3.20. The fourth-order valence-electron chi connectivity index (χ4n) is 3.47. The molecule has 0 radical (unpaired) electrons. The van der Waals surface area contributed by atoms with E-state index in [1.165, 1.54) is 11.1 Å². The van der Waals surface area contributed by atoms with Crippen molar-refractivity contribution in [1.29, 1.82) is 0 Å². The van der Waals surface area contributed by atoms with Crippen molar-refractivity contribution in [2.24, 2.45) is 11.0 Å². The Hall–Kier alpha value is -2.90. The lowest BCUT2D eigenvalue weighted by molar-refractivity contribution is -0.136. The van der Waals surface area contributed by atoms with E-state index < -0.39 is 29.7 Å². The Balaban J connectivity index is 1.79. The highest BCUT2D eigenvalue weighted by atomic mass is 35.5. The summed E-state index contributed by atoms with van der Waals surface area (Å²) >= 11 is 12.0. The number of fused-ring (bicyclic) bond motifs is 1. The van der Waals surface area contributed by atoms with Gasteiger partial charge in [-0.3, -0.25) is 14.6 Å². The van der Waals surface area contributed by atoms with Crippen LogP contribution in [0.1, 0.15) is 6.92 Å². The number of esters is 1. The molecule has 2 aromatic rings. The van der Waals surface area contributed by atoms with Crippen molar-refractivity contribution < 1.29 is 19.1 Å². The van der Waals surface area contributed by atoms with Crippen LogP contribution in [0.15, 0.2) is 53.6 Å². The zero-order valence-corrected chi connectivity index (χ0v) is 16.7. The molecule has 4 rings (SSSR count). The maximum atomic E-state index is 13.3.